The Kier molecular flexibility index (Phi) is 8.76. The zero-order chi connectivity index (χ0) is 22.1. The molecule has 0 unspecified atom stereocenters. The highest BCUT2D eigenvalue weighted by Gasteiger charge is 2.22. The molecule has 0 atom stereocenters. The van der Waals surface area contributed by atoms with E-state index in [4.69, 9.17) is 0 Å². The van der Waals surface area contributed by atoms with E-state index in [9.17, 15) is 18.0 Å². The van der Waals surface area contributed by atoms with Gasteiger partial charge in [-0.15, -0.1) is 0 Å². The summed E-state index contributed by atoms with van der Waals surface area (Å²) in [6.07, 6.45) is 1.23. The molecule has 0 bridgehead atoms. The number of hydrogen-bond donors (Lipinski definition) is 1. The molecule has 1 aromatic heterocycles. The lowest BCUT2D eigenvalue weighted by Crippen LogP contribution is -2.37. The summed E-state index contributed by atoms with van der Waals surface area (Å²) in [5.74, 6) is -0.345. The summed E-state index contributed by atoms with van der Waals surface area (Å²) >= 11 is 0. The Bertz CT molecular complexity index is 986. The van der Waals surface area contributed by atoms with Gasteiger partial charge in [0.25, 0.3) is 5.56 Å². The van der Waals surface area contributed by atoms with Gasteiger partial charge in [-0.3, -0.25) is 9.59 Å². The number of carbonyl (C=O) groups excluding carboxylic acids is 1. The molecule has 0 saturated heterocycles. The molecule has 1 aromatic carbocycles. The first-order chi connectivity index (χ1) is 14.3. The molecule has 0 aliphatic rings. The van der Waals surface area contributed by atoms with E-state index in [1.807, 2.05) is 37.4 Å². The van der Waals surface area contributed by atoms with E-state index in [1.165, 1.54) is 28.2 Å². The molecule has 0 aliphatic carbocycles. The van der Waals surface area contributed by atoms with E-state index < -0.39 is 15.6 Å². The minimum Gasteiger partial charge on any atom is -0.353 e. The fraction of sp³-hybridized carbons (Fsp3) is 0.429. The monoisotopic (exact) mass is 434 g/mol. The van der Waals surface area contributed by atoms with Crippen LogP contribution < -0.4 is 10.9 Å². The highest BCUT2D eigenvalue weighted by Crippen LogP contribution is 2.13. The van der Waals surface area contributed by atoms with Crippen LogP contribution in [0.3, 0.4) is 0 Å². The van der Waals surface area contributed by atoms with Crippen molar-refractivity contribution in [1.82, 2.24) is 19.1 Å². The third kappa shape index (κ3) is 6.51. The second-order valence-corrected chi connectivity index (χ2v) is 8.93. The van der Waals surface area contributed by atoms with E-state index >= 15 is 0 Å². The topological polar surface area (TPSA) is 91.7 Å². The van der Waals surface area contributed by atoms with E-state index in [0.29, 0.717) is 26.2 Å². The lowest BCUT2D eigenvalue weighted by atomic mass is 10.2. The predicted molar refractivity (Wildman–Crippen MR) is 117 cm³/mol. The van der Waals surface area contributed by atoms with Crippen molar-refractivity contribution < 1.29 is 13.2 Å². The average Bonchev–Trinajstić information content (AvgIpc) is 2.71. The van der Waals surface area contributed by atoms with Crippen LogP contribution >= 0.6 is 0 Å². The van der Waals surface area contributed by atoms with Gasteiger partial charge >= 0.3 is 0 Å². The first-order valence-electron chi connectivity index (χ1n) is 9.97. The number of benzene rings is 1. The molecule has 0 saturated carbocycles. The quantitative estimate of drug-likeness (QED) is 0.572. The number of hydrogen-bond acceptors (Lipinski definition) is 5. The van der Waals surface area contributed by atoms with Gasteiger partial charge in [-0.1, -0.05) is 44.2 Å². The smallest absolute Gasteiger partial charge is 0.251 e. The Balaban J connectivity index is 1.94. The Labute approximate surface area is 178 Å². The van der Waals surface area contributed by atoms with Crippen LogP contribution in [0.25, 0.3) is 0 Å². The highest BCUT2D eigenvalue weighted by atomic mass is 32.2. The van der Waals surface area contributed by atoms with Gasteiger partial charge in [-0.25, -0.2) is 8.42 Å². The lowest BCUT2D eigenvalue weighted by Gasteiger charge is -2.19. The minimum absolute atomic E-state index is 0.00111. The number of nitrogens with one attached hydrogen (secondary N) is 1. The van der Waals surface area contributed by atoms with Crippen molar-refractivity contribution in [2.24, 2.45) is 0 Å². The van der Waals surface area contributed by atoms with Crippen molar-refractivity contribution in [2.75, 3.05) is 33.2 Å². The third-order valence-electron chi connectivity index (χ3n) is 4.72. The Hall–Kier alpha value is -2.49. The van der Waals surface area contributed by atoms with E-state index in [1.54, 1.807) is 13.8 Å². The number of likely N-dealkylation sites (N-methyl/N-ethyl adjacent to an activating group) is 1. The molecule has 30 heavy (non-hydrogen) atoms. The number of carbonyl (C=O) groups is 1. The van der Waals surface area contributed by atoms with Crippen molar-refractivity contribution >= 4 is 15.9 Å². The molecule has 0 radical (unpaired) electrons. The molecule has 2 rings (SSSR count). The Morgan fingerprint density at radius 1 is 1.07 bits per heavy atom. The number of nitrogens with zero attached hydrogens (tertiary/aromatic N) is 3. The second-order valence-electron chi connectivity index (χ2n) is 6.99. The summed E-state index contributed by atoms with van der Waals surface area (Å²) in [6.45, 7) is 5.76. The van der Waals surface area contributed by atoms with Crippen molar-refractivity contribution in [1.29, 1.82) is 0 Å². The van der Waals surface area contributed by atoms with Gasteiger partial charge in [0.1, 0.15) is 6.54 Å². The molecular weight excluding hydrogens is 404 g/mol. The van der Waals surface area contributed by atoms with Crippen molar-refractivity contribution in [3.8, 4) is 0 Å². The van der Waals surface area contributed by atoms with Gasteiger partial charge in [0.2, 0.25) is 15.9 Å². The molecule has 1 heterocycles. The van der Waals surface area contributed by atoms with Gasteiger partial charge in [0.05, 0.1) is 4.90 Å². The van der Waals surface area contributed by atoms with E-state index in [2.05, 4.69) is 10.2 Å². The van der Waals surface area contributed by atoms with E-state index in [0.717, 1.165) is 11.1 Å². The summed E-state index contributed by atoms with van der Waals surface area (Å²) < 4.78 is 27.7. The average molecular weight is 435 g/mol. The zero-order valence-corrected chi connectivity index (χ0v) is 18.6. The molecule has 0 fully saturated rings. The summed E-state index contributed by atoms with van der Waals surface area (Å²) in [7, 11) is -1.74. The standard InChI is InChI=1S/C21H30N4O4S/c1-4-25(5-2)30(28,29)19-11-12-21(27)24(16-19)17-20(26)22-13-14-23(3)15-18-9-7-6-8-10-18/h6-12,16H,4-5,13-15,17H2,1-3H3,(H,22,26). The van der Waals surface area contributed by atoms with E-state index in [-0.39, 0.29) is 17.3 Å². The van der Waals surface area contributed by atoms with Gasteiger partial charge in [0, 0.05) is 45.0 Å². The molecule has 2 aromatic rings. The van der Waals surface area contributed by atoms with Gasteiger partial charge in [-0.05, 0) is 18.7 Å². The summed E-state index contributed by atoms with van der Waals surface area (Å²) in [4.78, 5) is 26.4. The fourth-order valence-corrected chi connectivity index (χ4v) is 4.55. The first-order valence-corrected chi connectivity index (χ1v) is 11.4. The van der Waals surface area contributed by atoms with Crippen LogP contribution in [0.2, 0.25) is 0 Å². The zero-order valence-electron chi connectivity index (χ0n) is 17.7. The Morgan fingerprint density at radius 2 is 1.73 bits per heavy atom. The minimum atomic E-state index is -3.70. The highest BCUT2D eigenvalue weighted by molar-refractivity contribution is 7.89. The van der Waals surface area contributed by atoms with Crippen LogP contribution in [0.4, 0.5) is 0 Å². The Morgan fingerprint density at radius 3 is 2.37 bits per heavy atom. The molecule has 1 N–H and O–H groups in total. The maximum absolute atomic E-state index is 12.6. The van der Waals surface area contributed by atoms with Gasteiger partial charge in [-0.2, -0.15) is 4.31 Å². The summed E-state index contributed by atoms with van der Waals surface area (Å²) in [5.41, 5.74) is 0.758. The summed E-state index contributed by atoms with van der Waals surface area (Å²) in [5, 5.41) is 2.78. The summed E-state index contributed by atoms with van der Waals surface area (Å²) in [6, 6.07) is 12.5. The van der Waals surface area contributed by atoms with Crippen LogP contribution in [0.5, 0.6) is 0 Å². The molecule has 0 spiro atoms. The van der Waals surface area contributed by atoms with Crippen LogP contribution in [-0.2, 0) is 27.9 Å². The van der Waals surface area contributed by atoms with Gasteiger partial charge in [0.15, 0.2) is 0 Å². The maximum atomic E-state index is 12.6. The molecule has 0 aliphatic heterocycles. The number of sulfonamides is 1. The SMILES string of the molecule is CCN(CC)S(=O)(=O)c1ccc(=O)n(CC(=O)NCCN(C)Cc2ccccc2)c1. The molecule has 164 valence electrons. The number of amides is 1. The van der Waals surface area contributed by atoms with Crippen molar-refractivity contribution in [3.63, 3.8) is 0 Å². The fourth-order valence-electron chi connectivity index (χ4n) is 3.07. The number of aromatic nitrogens is 1. The molecule has 8 nitrogen and oxygen atoms in total. The number of pyridine rings is 1. The number of rotatable bonds is 11. The lowest BCUT2D eigenvalue weighted by molar-refractivity contribution is -0.121. The largest absolute Gasteiger partial charge is 0.353 e. The van der Waals surface area contributed by atoms with Crippen LogP contribution in [-0.4, -0.2) is 61.3 Å². The maximum Gasteiger partial charge on any atom is 0.251 e. The normalized spacial score (nSPS) is 11.8. The molecule has 9 heteroatoms. The third-order valence-corrected chi connectivity index (χ3v) is 6.76. The second kappa shape index (κ2) is 11.1. The van der Waals surface area contributed by atoms with Crippen molar-refractivity contribution in [3.05, 3.63) is 64.6 Å². The first kappa shape index (κ1) is 23.8. The van der Waals surface area contributed by atoms with Gasteiger partial charge < -0.3 is 14.8 Å². The van der Waals surface area contributed by atoms with Crippen LogP contribution in [0, 0.1) is 0 Å². The van der Waals surface area contributed by atoms with Crippen molar-refractivity contribution in [2.45, 2.75) is 31.8 Å². The molecule has 1 amide bonds. The molecular formula is C21H30N4O4S. The van der Waals surface area contributed by atoms with Crippen LogP contribution in [0.1, 0.15) is 19.4 Å². The predicted octanol–water partition coefficient (Wildman–Crippen LogP) is 1.13. The van der Waals surface area contributed by atoms with Crippen LogP contribution in [0.15, 0.2) is 58.4 Å².